The van der Waals surface area contributed by atoms with Crippen LogP contribution in [0.3, 0.4) is 0 Å². The summed E-state index contributed by atoms with van der Waals surface area (Å²) >= 11 is 0. The number of rotatable bonds is 3. The summed E-state index contributed by atoms with van der Waals surface area (Å²) in [5.74, 6) is -0.601. The maximum absolute atomic E-state index is 12.2. The van der Waals surface area contributed by atoms with E-state index in [9.17, 15) is 4.79 Å². The van der Waals surface area contributed by atoms with E-state index < -0.39 is 12.1 Å². The van der Waals surface area contributed by atoms with Gasteiger partial charge in [0.15, 0.2) is 12.1 Å². The van der Waals surface area contributed by atoms with Crippen molar-refractivity contribution in [2.24, 2.45) is 11.8 Å². The number of fused-ring (bicyclic) bond motifs is 5. The van der Waals surface area contributed by atoms with Crippen LogP contribution < -0.4 is 0 Å². The van der Waals surface area contributed by atoms with Crippen LogP contribution in [-0.2, 0) is 35.1 Å². The van der Waals surface area contributed by atoms with Gasteiger partial charge in [-0.15, -0.1) is 0 Å². The summed E-state index contributed by atoms with van der Waals surface area (Å²) in [4.78, 5) is 12.2. The summed E-state index contributed by atoms with van der Waals surface area (Å²) < 4.78 is 30.7. The van der Waals surface area contributed by atoms with Crippen molar-refractivity contribution in [1.29, 1.82) is 0 Å². The third-order valence-electron chi connectivity index (χ3n) is 6.41. The maximum Gasteiger partial charge on any atom is 0.306 e. The standard InChI is InChI=1S/C22H28O6/c1-22(2)27-20-17-18-14(9-6-10-16(23)25-18)11-15(19(17)26-21(20)28-22)24-12-13-7-4-3-5-8-13/h3-5,7-8,14-15,17-21H,6,9-12H2,1-2H3/t14-,15-,17-,18+,19-,20-,21-/m1/s1. The fraction of sp³-hybridized carbons (Fsp3) is 0.682. The summed E-state index contributed by atoms with van der Waals surface area (Å²) in [5, 5.41) is 0. The summed E-state index contributed by atoms with van der Waals surface area (Å²) in [6.45, 7) is 4.33. The molecule has 4 fully saturated rings. The van der Waals surface area contributed by atoms with Crippen molar-refractivity contribution in [1.82, 2.24) is 0 Å². The van der Waals surface area contributed by atoms with Crippen LogP contribution in [0.15, 0.2) is 30.3 Å². The maximum atomic E-state index is 12.2. The van der Waals surface area contributed by atoms with Gasteiger partial charge in [-0.1, -0.05) is 30.3 Å². The Morgan fingerprint density at radius 3 is 2.75 bits per heavy atom. The molecule has 0 amide bonds. The lowest BCUT2D eigenvalue weighted by atomic mass is 9.72. The largest absolute Gasteiger partial charge is 0.462 e. The van der Waals surface area contributed by atoms with Crippen molar-refractivity contribution in [2.75, 3.05) is 0 Å². The molecular formula is C22H28O6. The summed E-state index contributed by atoms with van der Waals surface area (Å²) in [7, 11) is 0. The van der Waals surface area contributed by atoms with Gasteiger partial charge in [0.2, 0.25) is 0 Å². The Bertz CT molecular complexity index is 719. The van der Waals surface area contributed by atoms with E-state index in [0.29, 0.717) is 13.0 Å². The van der Waals surface area contributed by atoms with Gasteiger partial charge in [0, 0.05) is 6.42 Å². The molecule has 3 saturated heterocycles. The number of esters is 1. The van der Waals surface area contributed by atoms with Crippen molar-refractivity contribution in [3.63, 3.8) is 0 Å². The van der Waals surface area contributed by atoms with Crippen molar-refractivity contribution in [2.45, 2.75) is 82.6 Å². The molecule has 7 atom stereocenters. The van der Waals surface area contributed by atoms with Gasteiger partial charge < -0.3 is 23.7 Å². The average Bonchev–Trinajstić information content (AvgIpc) is 3.06. The van der Waals surface area contributed by atoms with Gasteiger partial charge in [0.1, 0.15) is 12.2 Å². The normalized spacial score (nSPS) is 41.5. The smallest absolute Gasteiger partial charge is 0.306 e. The molecule has 0 bridgehead atoms. The molecule has 1 saturated carbocycles. The van der Waals surface area contributed by atoms with Crippen molar-refractivity contribution in [3.8, 4) is 0 Å². The molecule has 28 heavy (non-hydrogen) atoms. The molecule has 1 aromatic carbocycles. The average molecular weight is 388 g/mol. The highest BCUT2D eigenvalue weighted by Gasteiger charge is 2.63. The van der Waals surface area contributed by atoms with E-state index in [1.807, 2.05) is 32.0 Å². The Morgan fingerprint density at radius 1 is 1.11 bits per heavy atom. The molecule has 0 aromatic heterocycles. The number of hydrogen-bond acceptors (Lipinski definition) is 6. The number of carbonyl (C=O) groups excluding carboxylic acids is 1. The van der Waals surface area contributed by atoms with Crippen LogP contribution in [0, 0.1) is 11.8 Å². The molecule has 0 radical (unpaired) electrons. The molecule has 5 rings (SSSR count). The summed E-state index contributed by atoms with van der Waals surface area (Å²) in [5.41, 5.74) is 1.14. The summed E-state index contributed by atoms with van der Waals surface area (Å²) in [6.07, 6.45) is 2.02. The SMILES string of the molecule is CC1(C)O[C@H]2O[C@H]3[C@@H]([C@H]4OC(=O)CCC[C@@H]4C[C@H]3OCc3ccccc3)[C@H]2O1. The molecule has 6 nitrogen and oxygen atoms in total. The molecule has 3 aliphatic heterocycles. The molecule has 3 heterocycles. The Morgan fingerprint density at radius 2 is 1.93 bits per heavy atom. The highest BCUT2D eigenvalue weighted by Crippen LogP contribution is 2.50. The van der Waals surface area contributed by atoms with Crippen LogP contribution >= 0.6 is 0 Å². The Labute approximate surface area is 165 Å². The molecule has 0 spiro atoms. The Hall–Kier alpha value is -1.47. The Kier molecular flexibility index (Phi) is 4.70. The fourth-order valence-electron chi connectivity index (χ4n) is 5.26. The first-order chi connectivity index (χ1) is 13.5. The highest BCUT2D eigenvalue weighted by atomic mass is 16.8. The van der Waals surface area contributed by atoms with E-state index in [1.165, 1.54) is 0 Å². The van der Waals surface area contributed by atoms with Crippen molar-refractivity contribution >= 4 is 5.97 Å². The van der Waals surface area contributed by atoms with Gasteiger partial charge >= 0.3 is 5.97 Å². The third-order valence-corrected chi connectivity index (χ3v) is 6.41. The van der Waals surface area contributed by atoms with Crippen LogP contribution in [-0.4, -0.2) is 42.5 Å². The minimum Gasteiger partial charge on any atom is -0.462 e. The quantitative estimate of drug-likeness (QED) is 0.741. The molecule has 152 valence electrons. The van der Waals surface area contributed by atoms with Gasteiger partial charge in [0.25, 0.3) is 0 Å². The monoisotopic (exact) mass is 388 g/mol. The van der Waals surface area contributed by atoms with Crippen LogP contribution in [0.1, 0.15) is 45.1 Å². The van der Waals surface area contributed by atoms with Crippen molar-refractivity contribution < 1.29 is 28.5 Å². The zero-order valence-corrected chi connectivity index (χ0v) is 16.4. The lowest BCUT2D eigenvalue weighted by Crippen LogP contribution is -2.53. The van der Waals surface area contributed by atoms with E-state index in [-0.39, 0.29) is 42.2 Å². The van der Waals surface area contributed by atoms with E-state index in [0.717, 1.165) is 24.8 Å². The first kappa shape index (κ1) is 18.6. The van der Waals surface area contributed by atoms with Crippen LogP contribution in [0.25, 0.3) is 0 Å². The minimum absolute atomic E-state index is 0.0617. The first-order valence-corrected chi connectivity index (χ1v) is 10.4. The molecule has 0 N–H and O–H groups in total. The lowest BCUT2D eigenvalue weighted by molar-refractivity contribution is -0.242. The number of ether oxygens (including phenoxy) is 5. The predicted octanol–water partition coefficient (Wildman–Crippen LogP) is 3.18. The van der Waals surface area contributed by atoms with Gasteiger partial charge in [-0.2, -0.15) is 0 Å². The van der Waals surface area contributed by atoms with E-state index in [4.69, 9.17) is 23.7 Å². The third kappa shape index (κ3) is 3.36. The second kappa shape index (κ2) is 7.10. The van der Waals surface area contributed by atoms with E-state index in [2.05, 4.69) is 12.1 Å². The topological polar surface area (TPSA) is 63.2 Å². The fourth-order valence-corrected chi connectivity index (χ4v) is 5.26. The second-order valence-corrected chi connectivity index (χ2v) is 8.82. The first-order valence-electron chi connectivity index (χ1n) is 10.4. The Balaban J connectivity index is 1.39. The van der Waals surface area contributed by atoms with Gasteiger partial charge in [-0.05, 0) is 44.6 Å². The van der Waals surface area contributed by atoms with Crippen LogP contribution in [0.4, 0.5) is 0 Å². The molecule has 0 unspecified atom stereocenters. The molecule has 1 aromatic rings. The highest BCUT2D eigenvalue weighted by molar-refractivity contribution is 5.69. The van der Waals surface area contributed by atoms with Crippen LogP contribution in [0.5, 0.6) is 0 Å². The number of benzene rings is 1. The molecule has 4 aliphatic rings. The molecular weight excluding hydrogens is 360 g/mol. The zero-order chi connectivity index (χ0) is 19.3. The number of carbonyl (C=O) groups is 1. The van der Waals surface area contributed by atoms with Gasteiger partial charge in [-0.3, -0.25) is 4.79 Å². The van der Waals surface area contributed by atoms with Gasteiger partial charge in [0.05, 0.1) is 24.7 Å². The van der Waals surface area contributed by atoms with Crippen LogP contribution in [0.2, 0.25) is 0 Å². The predicted molar refractivity (Wildman–Crippen MR) is 99.0 cm³/mol. The van der Waals surface area contributed by atoms with Crippen molar-refractivity contribution in [3.05, 3.63) is 35.9 Å². The molecule has 1 aliphatic carbocycles. The minimum atomic E-state index is -0.692. The molecule has 6 heteroatoms. The zero-order valence-electron chi connectivity index (χ0n) is 16.4. The number of hydrogen-bond donors (Lipinski definition) is 0. The van der Waals surface area contributed by atoms with E-state index in [1.54, 1.807) is 0 Å². The lowest BCUT2D eigenvalue weighted by Gasteiger charge is -2.43. The summed E-state index contributed by atoms with van der Waals surface area (Å²) in [6, 6.07) is 10.2. The van der Waals surface area contributed by atoms with Gasteiger partial charge in [-0.25, -0.2) is 0 Å². The second-order valence-electron chi connectivity index (χ2n) is 8.82. The van der Waals surface area contributed by atoms with E-state index >= 15 is 0 Å².